The Kier molecular flexibility index (Phi) is 2.38. The third kappa shape index (κ3) is 1.64. The average Bonchev–Trinajstić information content (AvgIpc) is 2.72. The molecule has 4 N–H and O–H groups in total. The predicted octanol–water partition coefficient (Wildman–Crippen LogP) is -2.84. The Bertz CT molecular complexity index is 313. The summed E-state index contributed by atoms with van der Waals surface area (Å²) in [6.45, 7) is 0. The summed E-state index contributed by atoms with van der Waals surface area (Å²) < 4.78 is 0. The fourth-order valence-electron chi connectivity index (χ4n) is 1.57. The highest BCUT2D eigenvalue weighted by Gasteiger charge is 2.46. The summed E-state index contributed by atoms with van der Waals surface area (Å²) in [6.07, 6.45) is 0.224. The smallest absolute Gasteiger partial charge is 0.265 e. The molecule has 0 spiro atoms. The average molecular weight is 230 g/mol. The number of rotatable bonds is 3. The van der Waals surface area contributed by atoms with Gasteiger partial charge in [-0.25, -0.2) is 10.9 Å². The van der Waals surface area contributed by atoms with Crippen LogP contribution in [0.4, 0.5) is 0 Å². The van der Waals surface area contributed by atoms with Crippen LogP contribution in [-0.2, 0) is 9.59 Å². The topological polar surface area (TPSA) is 122 Å². The van der Waals surface area contributed by atoms with Crippen LogP contribution in [0.3, 0.4) is 0 Å². The van der Waals surface area contributed by atoms with Crippen LogP contribution >= 0.6 is 0 Å². The molecule has 0 aromatic rings. The molecule has 86 valence electrons. The van der Waals surface area contributed by atoms with Crippen LogP contribution < -0.4 is 21.9 Å². The summed E-state index contributed by atoms with van der Waals surface area (Å²) >= 11 is 0. The molecule has 2 aliphatic rings. The first-order valence-corrected chi connectivity index (χ1v) is 4.63. The van der Waals surface area contributed by atoms with Gasteiger partial charge >= 0.3 is 23.9 Å². The van der Waals surface area contributed by atoms with E-state index in [0.717, 1.165) is 0 Å². The van der Waals surface area contributed by atoms with Gasteiger partial charge in [0.2, 0.25) is 0 Å². The number of nitrogens with zero attached hydrogens (tertiary/aromatic N) is 2. The molecule has 10 heteroatoms. The van der Waals surface area contributed by atoms with E-state index < -0.39 is 23.9 Å². The van der Waals surface area contributed by atoms with E-state index in [0.29, 0.717) is 9.74 Å². The molecule has 0 aromatic heterocycles. The minimum atomic E-state index is -0.915. The maximum absolute atomic E-state index is 11.1. The molecule has 0 bridgehead atoms. The fourth-order valence-corrected chi connectivity index (χ4v) is 1.57. The molecule has 10 nitrogen and oxygen atoms in total. The van der Waals surface area contributed by atoms with Gasteiger partial charge in [0.1, 0.15) is 9.74 Å². The first kappa shape index (κ1) is 10.3. The molecule has 0 saturated carbocycles. The minimum absolute atomic E-state index is 0.112. The Morgan fingerprint density at radius 3 is 1.50 bits per heavy atom. The van der Waals surface area contributed by atoms with Gasteiger partial charge in [-0.2, -0.15) is 0 Å². The third-order valence-corrected chi connectivity index (χ3v) is 2.46. The molecule has 2 saturated heterocycles. The van der Waals surface area contributed by atoms with Gasteiger partial charge in [0.05, 0.1) is 9.81 Å². The number of carbonyl (C=O) groups excluding carboxylic acids is 2. The van der Waals surface area contributed by atoms with E-state index in [4.69, 9.17) is 0 Å². The highest BCUT2D eigenvalue weighted by atomic mass is 16.3. The second-order valence-corrected chi connectivity index (χ2v) is 3.46. The molecule has 2 fully saturated rings. The molecular formula is C6H10N6O4+2. The summed E-state index contributed by atoms with van der Waals surface area (Å²) in [4.78, 5) is 45.1. The van der Waals surface area contributed by atoms with E-state index in [1.807, 2.05) is 0 Å². The summed E-state index contributed by atoms with van der Waals surface area (Å²) in [5.41, 5.74) is 8.44. The summed E-state index contributed by atoms with van der Waals surface area (Å²) in [6, 6.07) is -1.83. The SMILES string of the molecule is O=C1NN[N+](=O)C1CCC1C(=O)NN[N+]1=O. The Morgan fingerprint density at radius 2 is 1.25 bits per heavy atom. The van der Waals surface area contributed by atoms with Gasteiger partial charge in [0.25, 0.3) is 0 Å². The number of hydrogen-bond donors (Lipinski definition) is 4. The van der Waals surface area contributed by atoms with Crippen molar-refractivity contribution in [3.8, 4) is 0 Å². The maximum Gasteiger partial charge on any atom is 0.319 e. The lowest BCUT2D eigenvalue weighted by molar-refractivity contribution is -0.629. The highest BCUT2D eigenvalue weighted by molar-refractivity contribution is 5.82. The van der Waals surface area contributed by atoms with Crippen molar-refractivity contribution in [2.24, 2.45) is 0 Å². The molecule has 2 aliphatic heterocycles. The second-order valence-electron chi connectivity index (χ2n) is 3.46. The van der Waals surface area contributed by atoms with Crippen LogP contribution in [0.5, 0.6) is 0 Å². The molecule has 0 aromatic carbocycles. The first-order chi connectivity index (χ1) is 7.59. The van der Waals surface area contributed by atoms with Crippen molar-refractivity contribution in [1.29, 1.82) is 0 Å². The molecule has 2 atom stereocenters. The highest BCUT2D eigenvalue weighted by Crippen LogP contribution is 2.10. The lowest BCUT2D eigenvalue weighted by Crippen LogP contribution is -2.32. The zero-order chi connectivity index (χ0) is 11.7. The van der Waals surface area contributed by atoms with E-state index in [-0.39, 0.29) is 12.8 Å². The molecule has 2 unspecified atom stereocenters. The second kappa shape index (κ2) is 3.72. The lowest BCUT2D eigenvalue weighted by Gasteiger charge is -1.96. The van der Waals surface area contributed by atoms with Crippen LogP contribution in [0.25, 0.3) is 0 Å². The third-order valence-electron chi connectivity index (χ3n) is 2.46. The quantitative estimate of drug-likeness (QED) is 0.387. The van der Waals surface area contributed by atoms with Crippen LogP contribution in [0.1, 0.15) is 12.8 Å². The Balaban J connectivity index is 1.92. The zero-order valence-electron chi connectivity index (χ0n) is 8.10. The van der Waals surface area contributed by atoms with Crippen LogP contribution in [0, 0.1) is 9.81 Å². The maximum atomic E-state index is 11.1. The van der Waals surface area contributed by atoms with E-state index >= 15 is 0 Å². The first-order valence-electron chi connectivity index (χ1n) is 4.63. The van der Waals surface area contributed by atoms with E-state index in [2.05, 4.69) is 21.9 Å². The Morgan fingerprint density at radius 1 is 0.875 bits per heavy atom. The number of hydrogen-bond acceptors (Lipinski definition) is 4. The molecule has 2 rings (SSSR count). The van der Waals surface area contributed by atoms with Crippen molar-refractivity contribution in [3.63, 3.8) is 0 Å². The molecular weight excluding hydrogens is 220 g/mol. The number of carbonyl (C=O) groups is 2. The molecule has 16 heavy (non-hydrogen) atoms. The monoisotopic (exact) mass is 230 g/mol. The molecule has 2 heterocycles. The van der Waals surface area contributed by atoms with Crippen molar-refractivity contribution in [3.05, 3.63) is 9.81 Å². The fraction of sp³-hybridized carbons (Fsp3) is 0.667. The van der Waals surface area contributed by atoms with Crippen molar-refractivity contribution < 1.29 is 19.3 Å². The summed E-state index contributed by atoms with van der Waals surface area (Å²) in [5.74, 6) is -0.947. The predicted molar refractivity (Wildman–Crippen MR) is 46.6 cm³/mol. The van der Waals surface area contributed by atoms with E-state index in [9.17, 15) is 19.4 Å². The lowest BCUT2D eigenvalue weighted by atomic mass is 10.1. The Labute approximate surface area is 88.8 Å². The van der Waals surface area contributed by atoms with E-state index in [1.165, 1.54) is 0 Å². The molecule has 2 amide bonds. The summed E-state index contributed by atoms with van der Waals surface area (Å²) in [5, 5.41) is 0. The largest absolute Gasteiger partial charge is 0.319 e. The number of hydrazine groups is 4. The number of amides is 2. The van der Waals surface area contributed by atoms with Gasteiger partial charge in [-0.3, -0.25) is 9.59 Å². The normalized spacial score (nSPS) is 28.5. The number of nitroso groups, excluding NO2 is 2. The van der Waals surface area contributed by atoms with Crippen molar-refractivity contribution >= 4 is 11.8 Å². The van der Waals surface area contributed by atoms with Crippen molar-refractivity contribution in [2.45, 2.75) is 24.9 Å². The van der Waals surface area contributed by atoms with Gasteiger partial charge in [0.15, 0.2) is 0 Å². The zero-order valence-corrected chi connectivity index (χ0v) is 8.10. The van der Waals surface area contributed by atoms with Gasteiger partial charge in [-0.15, -0.1) is 0 Å². The number of nitrogens with one attached hydrogen (secondary N) is 4. The molecule has 0 aliphatic carbocycles. The van der Waals surface area contributed by atoms with Crippen molar-refractivity contribution in [1.82, 2.24) is 21.9 Å². The van der Waals surface area contributed by atoms with E-state index in [1.54, 1.807) is 0 Å². The van der Waals surface area contributed by atoms with Crippen LogP contribution in [0.2, 0.25) is 0 Å². The van der Waals surface area contributed by atoms with Gasteiger partial charge in [0, 0.05) is 12.8 Å². The van der Waals surface area contributed by atoms with Gasteiger partial charge in [-0.05, 0) is 0 Å². The van der Waals surface area contributed by atoms with Crippen LogP contribution in [0.15, 0.2) is 0 Å². The van der Waals surface area contributed by atoms with Crippen LogP contribution in [-0.4, -0.2) is 33.6 Å². The van der Waals surface area contributed by atoms with Crippen molar-refractivity contribution in [2.75, 3.05) is 0 Å². The van der Waals surface area contributed by atoms with Gasteiger partial charge in [-0.1, -0.05) is 11.1 Å². The minimum Gasteiger partial charge on any atom is -0.265 e. The van der Waals surface area contributed by atoms with Gasteiger partial charge < -0.3 is 0 Å². The molecule has 0 radical (unpaired) electrons. The summed E-state index contributed by atoms with van der Waals surface area (Å²) in [7, 11) is 0. The Hall–Kier alpha value is -2.26. The standard InChI is InChI=1S/C6H8N6O4/c13-5-3(11(15)9-7-5)1-2-4-6(14)8-10-12(4)16/h3-4H,1-2H2,(H2-2,7,8,9,10,13,14,15,16)/p+2.